The maximum Gasteiger partial charge on any atom is 0.320 e. The third-order valence-electron chi connectivity index (χ3n) is 6.15. The van der Waals surface area contributed by atoms with Crippen molar-refractivity contribution in [2.75, 3.05) is 12.4 Å². The number of amides is 1. The number of anilines is 1. The van der Waals surface area contributed by atoms with Gasteiger partial charge in [0.25, 0.3) is 5.91 Å². The van der Waals surface area contributed by atoms with Gasteiger partial charge in [-0.15, -0.1) is 11.3 Å². The molecule has 4 N–H and O–H groups in total. The molecule has 186 valence electrons. The normalized spacial score (nSPS) is 12.1. The minimum absolute atomic E-state index is 0.0616. The topological polar surface area (TPSA) is 132 Å². The van der Waals surface area contributed by atoms with Crippen LogP contribution < -0.4 is 11.1 Å². The Labute approximate surface area is 212 Å². The number of aliphatic carboxylic acids is 1. The number of ketones is 1. The van der Waals surface area contributed by atoms with Crippen LogP contribution in [-0.4, -0.2) is 40.9 Å². The maximum absolute atomic E-state index is 13.3. The molecule has 0 radical (unpaired) electrons. The predicted molar refractivity (Wildman–Crippen MR) is 141 cm³/mol. The first-order valence-electron chi connectivity index (χ1n) is 11.4. The second-order valence-corrected chi connectivity index (χ2v) is 9.66. The fourth-order valence-corrected chi connectivity index (χ4v) is 5.63. The lowest BCUT2D eigenvalue weighted by Crippen LogP contribution is -2.30. The molecule has 0 bridgehead atoms. The molecule has 36 heavy (non-hydrogen) atoms. The van der Waals surface area contributed by atoms with Crippen LogP contribution in [0.25, 0.3) is 21.0 Å². The molecule has 0 aliphatic carbocycles. The molecule has 0 spiro atoms. The van der Waals surface area contributed by atoms with Crippen LogP contribution in [0.3, 0.4) is 0 Å². The number of carbonyl (C=O) groups is 3. The van der Waals surface area contributed by atoms with E-state index < -0.39 is 12.0 Å². The number of pyridine rings is 1. The predicted octanol–water partition coefficient (Wildman–Crippen LogP) is 4.70. The molecule has 0 aliphatic rings. The van der Waals surface area contributed by atoms with Gasteiger partial charge in [0.05, 0.1) is 17.0 Å². The molecule has 2 heterocycles. The number of ether oxygens (including phenoxy) is 1. The number of hydrogen-bond donors (Lipinski definition) is 3. The number of aromatic nitrogens is 1. The molecule has 2 aromatic heterocycles. The molecule has 8 nitrogen and oxygen atoms in total. The molecule has 0 aliphatic heterocycles. The first-order valence-corrected chi connectivity index (χ1v) is 12.3. The second kappa shape index (κ2) is 10.5. The van der Waals surface area contributed by atoms with E-state index in [1.165, 1.54) is 18.3 Å². The number of fused-ring (bicyclic) bond motifs is 2. The van der Waals surface area contributed by atoms with E-state index in [0.717, 1.165) is 32.2 Å². The van der Waals surface area contributed by atoms with E-state index in [1.807, 2.05) is 37.3 Å². The zero-order valence-electron chi connectivity index (χ0n) is 20.3. The number of carboxylic acid groups (broad SMARTS) is 1. The van der Waals surface area contributed by atoms with Crippen molar-refractivity contribution in [3.63, 3.8) is 0 Å². The van der Waals surface area contributed by atoms with E-state index in [4.69, 9.17) is 15.6 Å². The van der Waals surface area contributed by atoms with Crippen molar-refractivity contribution < 1.29 is 24.2 Å². The number of rotatable bonds is 9. The van der Waals surface area contributed by atoms with Crippen molar-refractivity contribution in [3.05, 3.63) is 69.6 Å². The van der Waals surface area contributed by atoms with Gasteiger partial charge in [0.2, 0.25) is 0 Å². The Hall–Kier alpha value is -3.66. The summed E-state index contributed by atoms with van der Waals surface area (Å²) < 4.78 is 6.10. The summed E-state index contributed by atoms with van der Waals surface area (Å²) in [6.07, 6.45) is 0.812. The van der Waals surface area contributed by atoms with Crippen molar-refractivity contribution in [1.82, 2.24) is 4.98 Å². The summed E-state index contributed by atoms with van der Waals surface area (Å²) in [6.45, 7) is 3.76. The molecular weight excluding hydrogens is 478 g/mol. The van der Waals surface area contributed by atoms with E-state index in [-0.39, 0.29) is 11.7 Å². The summed E-state index contributed by atoms with van der Waals surface area (Å²) >= 11 is 1.29. The monoisotopic (exact) mass is 505 g/mol. The van der Waals surface area contributed by atoms with Crippen LogP contribution in [0, 0.1) is 6.92 Å². The van der Waals surface area contributed by atoms with Crippen LogP contribution in [0.2, 0.25) is 0 Å². The number of Topliss-reactive ketones (excluding diaryl/α,β-unsaturated/α-hetero) is 1. The van der Waals surface area contributed by atoms with Gasteiger partial charge >= 0.3 is 5.97 Å². The zero-order chi connectivity index (χ0) is 26.0. The quantitative estimate of drug-likeness (QED) is 0.281. The lowest BCUT2D eigenvalue weighted by Gasteiger charge is -2.10. The van der Waals surface area contributed by atoms with Crippen LogP contribution >= 0.6 is 11.3 Å². The average Bonchev–Trinajstić information content (AvgIpc) is 3.20. The average molecular weight is 506 g/mol. The Bertz CT molecular complexity index is 1490. The number of benzene rings is 2. The maximum atomic E-state index is 13.3. The Morgan fingerprint density at radius 2 is 1.92 bits per heavy atom. The molecule has 9 heteroatoms. The van der Waals surface area contributed by atoms with Crippen LogP contribution in [0.4, 0.5) is 5.82 Å². The fraction of sp³-hybridized carbons (Fsp3) is 0.259. The van der Waals surface area contributed by atoms with Crippen molar-refractivity contribution in [2.24, 2.45) is 5.73 Å². The second-order valence-electron chi connectivity index (χ2n) is 8.64. The van der Waals surface area contributed by atoms with Crippen molar-refractivity contribution in [2.45, 2.75) is 39.3 Å². The Kier molecular flexibility index (Phi) is 7.44. The minimum atomic E-state index is -1.03. The van der Waals surface area contributed by atoms with Crippen molar-refractivity contribution in [1.29, 1.82) is 0 Å². The van der Waals surface area contributed by atoms with Gasteiger partial charge in [-0.05, 0) is 67.6 Å². The lowest BCUT2D eigenvalue weighted by molar-refractivity contribution is -0.138. The molecule has 4 rings (SSSR count). The minimum Gasteiger partial charge on any atom is -0.480 e. The van der Waals surface area contributed by atoms with E-state index in [1.54, 1.807) is 19.2 Å². The van der Waals surface area contributed by atoms with E-state index in [0.29, 0.717) is 41.2 Å². The van der Waals surface area contributed by atoms with Crippen LogP contribution in [0.5, 0.6) is 0 Å². The summed E-state index contributed by atoms with van der Waals surface area (Å²) in [5, 5.41) is 13.7. The molecule has 0 saturated heterocycles. The van der Waals surface area contributed by atoms with E-state index in [2.05, 4.69) is 10.3 Å². The molecule has 1 atom stereocenters. The number of thiophene rings is 1. The number of nitrogens with zero attached hydrogens (tertiary/aromatic N) is 1. The van der Waals surface area contributed by atoms with Gasteiger partial charge in [0, 0.05) is 28.1 Å². The SMILES string of the molecule is COCc1ccc(C(C)=O)c2sc(C(=O)Nc3ccc4c(CC[C@H](N)C(=O)O)cccc4n3)c(C)c12. The van der Waals surface area contributed by atoms with Gasteiger partial charge in [0.15, 0.2) is 5.78 Å². The van der Waals surface area contributed by atoms with Gasteiger partial charge in [-0.3, -0.25) is 14.4 Å². The standard InChI is InChI=1S/C27H27N3O5S/c1-14-23-17(13-35-3)7-9-18(15(2)31)25(23)36-24(14)26(32)30-22-12-10-19-16(5-4-6-21(19)29-22)8-11-20(28)27(33)34/h4-7,9-10,12,20H,8,11,13,28H2,1-3H3,(H,33,34)(H,29,30,32)/t20-/m0/s1. The summed E-state index contributed by atoms with van der Waals surface area (Å²) in [6, 6.07) is 11.9. The molecule has 0 saturated carbocycles. The molecule has 1 amide bonds. The molecule has 2 aromatic carbocycles. The van der Waals surface area contributed by atoms with Crippen molar-refractivity contribution >= 4 is 55.8 Å². The largest absolute Gasteiger partial charge is 0.480 e. The molecule has 4 aromatic rings. The zero-order valence-corrected chi connectivity index (χ0v) is 21.1. The van der Waals surface area contributed by atoms with Gasteiger partial charge < -0.3 is 20.9 Å². The fourth-order valence-electron chi connectivity index (χ4n) is 4.32. The van der Waals surface area contributed by atoms with Crippen LogP contribution in [0.1, 0.15) is 50.1 Å². The number of aryl methyl sites for hydroxylation is 2. The van der Waals surface area contributed by atoms with Gasteiger partial charge in [-0.2, -0.15) is 0 Å². The summed E-state index contributed by atoms with van der Waals surface area (Å²) in [5.41, 5.74) is 9.57. The summed E-state index contributed by atoms with van der Waals surface area (Å²) in [7, 11) is 1.61. The van der Waals surface area contributed by atoms with E-state index in [9.17, 15) is 14.4 Å². The summed E-state index contributed by atoms with van der Waals surface area (Å²) in [5.74, 6) is -0.997. The van der Waals surface area contributed by atoms with Gasteiger partial charge in [-0.25, -0.2) is 4.98 Å². The van der Waals surface area contributed by atoms with Crippen LogP contribution in [-0.2, 0) is 22.6 Å². The third-order valence-corrected chi connectivity index (χ3v) is 7.48. The van der Waals surface area contributed by atoms with E-state index >= 15 is 0 Å². The van der Waals surface area contributed by atoms with Crippen molar-refractivity contribution in [3.8, 4) is 0 Å². The molecular formula is C27H27N3O5S. The highest BCUT2D eigenvalue weighted by molar-refractivity contribution is 7.21. The Morgan fingerprint density at radius 1 is 1.14 bits per heavy atom. The number of carbonyl (C=O) groups excluding carboxylic acids is 2. The molecule has 0 fully saturated rings. The highest BCUT2D eigenvalue weighted by Gasteiger charge is 2.22. The first-order chi connectivity index (χ1) is 17.2. The highest BCUT2D eigenvalue weighted by atomic mass is 32.1. The first kappa shape index (κ1) is 25.4. The number of nitrogens with one attached hydrogen (secondary N) is 1. The summed E-state index contributed by atoms with van der Waals surface area (Å²) in [4.78, 5) is 41.6. The number of hydrogen-bond acceptors (Lipinski definition) is 7. The van der Waals surface area contributed by atoms with Gasteiger partial charge in [0.1, 0.15) is 11.9 Å². The van der Waals surface area contributed by atoms with Crippen LogP contribution in [0.15, 0.2) is 42.5 Å². The number of methoxy groups -OCH3 is 1. The number of nitrogens with two attached hydrogens (primary N) is 1. The Balaban J connectivity index is 1.64. The third kappa shape index (κ3) is 4.99. The highest BCUT2D eigenvalue weighted by Crippen LogP contribution is 2.37. The lowest BCUT2D eigenvalue weighted by atomic mass is 10.0. The van der Waals surface area contributed by atoms with Gasteiger partial charge in [-0.1, -0.05) is 18.2 Å². The molecule has 0 unspecified atom stereocenters. The number of carboxylic acids is 1. The Morgan fingerprint density at radius 3 is 2.61 bits per heavy atom. The smallest absolute Gasteiger partial charge is 0.320 e.